The van der Waals surface area contributed by atoms with Crippen molar-refractivity contribution in [2.24, 2.45) is 0 Å². The summed E-state index contributed by atoms with van der Waals surface area (Å²) >= 11 is 0. The summed E-state index contributed by atoms with van der Waals surface area (Å²) in [6.07, 6.45) is 0.258. The molecule has 0 saturated heterocycles. The molecule has 0 aliphatic heterocycles. The van der Waals surface area contributed by atoms with Crippen LogP contribution in [-0.2, 0) is 11.2 Å². The standard InChI is InChI=1S/C15H18N2O3/c1-4-19-13-7-5-12(6-8-13)16-15(18)9-14-10(2)17-20-11(14)3/h5-8H,4,9H2,1-3H3,(H,16,18). The van der Waals surface area contributed by atoms with Gasteiger partial charge in [0, 0.05) is 11.3 Å². The molecule has 2 rings (SSSR count). The number of carbonyl (C=O) groups is 1. The average molecular weight is 274 g/mol. The molecule has 0 bridgehead atoms. The first kappa shape index (κ1) is 14.1. The normalized spacial score (nSPS) is 10.3. The monoisotopic (exact) mass is 274 g/mol. The predicted molar refractivity (Wildman–Crippen MR) is 75.9 cm³/mol. The number of anilines is 1. The number of nitrogens with one attached hydrogen (secondary N) is 1. The SMILES string of the molecule is CCOc1ccc(NC(=O)Cc2c(C)noc2C)cc1. The number of rotatable bonds is 5. The van der Waals surface area contributed by atoms with Crippen LogP contribution in [0.2, 0.25) is 0 Å². The quantitative estimate of drug-likeness (QED) is 0.910. The van der Waals surface area contributed by atoms with E-state index in [4.69, 9.17) is 9.26 Å². The highest BCUT2D eigenvalue weighted by atomic mass is 16.5. The van der Waals surface area contributed by atoms with E-state index in [-0.39, 0.29) is 12.3 Å². The number of aromatic nitrogens is 1. The molecule has 0 unspecified atom stereocenters. The number of hydrogen-bond acceptors (Lipinski definition) is 4. The maximum Gasteiger partial charge on any atom is 0.228 e. The Kier molecular flexibility index (Phi) is 4.40. The second kappa shape index (κ2) is 6.23. The summed E-state index contributed by atoms with van der Waals surface area (Å²) < 4.78 is 10.4. The van der Waals surface area contributed by atoms with Gasteiger partial charge in [-0.1, -0.05) is 5.16 Å². The minimum atomic E-state index is -0.0939. The maximum absolute atomic E-state index is 12.0. The molecule has 0 aliphatic carbocycles. The van der Waals surface area contributed by atoms with Crippen molar-refractivity contribution in [1.29, 1.82) is 0 Å². The lowest BCUT2D eigenvalue weighted by Crippen LogP contribution is -2.15. The van der Waals surface area contributed by atoms with Gasteiger partial charge in [-0.2, -0.15) is 0 Å². The highest BCUT2D eigenvalue weighted by molar-refractivity contribution is 5.92. The molecule has 20 heavy (non-hydrogen) atoms. The zero-order chi connectivity index (χ0) is 14.5. The molecule has 2 aromatic rings. The van der Waals surface area contributed by atoms with Gasteiger partial charge >= 0.3 is 0 Å². The smallest absolute Gasteiger partial charge is 0.228 e. The van der Waals surface area contributed by atoms with E-state index in [1.54, 1.807) is 6.92 Å². The second-order valence-corrected chi connectivity index (χ2v) is 4.49. The molecule has 0 spiro atoms. The summed E-state index contributed by atoms with van der Waals surface area (Å²) in [6, 6.07) is 7.29. The summed E-state index contributed by atoms with van der Waals surface area (Å²) in [5.41, 5.74) is 2.34. The van der Waals surface area contributed by atoms with E-state index < -0.39 is 0 Å². The number of amides is 1. The number of aryl methyl sites for hydroxylation is 2. The van der Waals surface area contributed by atoms with Gasteiger partial charge < -0.3 is 14.6 Å². The summed E-state index contributed by atoms with van der Waals surface area (Å²) in [7, 11) is 0. The average Bonchev–Trinajstić information content (AvgIpc) is 2.73. The Morgan fingerprint density at radius 3 is 2.55 bits per heavy atom. The summed E-state index contributed by atoms with van der Waals surface area (Å²) in [6.45, 7) is 6.19. The summed E-state index contributed by atoms with van der Waals surface area (Å²) in [4.78, 5) is 12.0. The lowest BCUT2D eigenvalue weighted by molar-refractivity contribution is -0.115. The molecule has 1 aromatic carbocycles. The fourth-order valence-electron chi connectivity index (χ4n) is 1.92. The minimum Gasteiger partial charge on any atom is -0.494 e. The predicted octanol–water partition coefficient (Wildman–Crippen LogP) is 2.87. The van der Waals surface area contributed by atoms with Crippen LogP contribution >= 0.6 is 0 Å². The van der Waals surface area contributed by atoms with E-state index in [1.807, 2.05) is 38.1 Å². The van der Waals surface area contributed by atoms with Crippen LogP contribution in [0.5, 0.6) is 5.75 Å². The number of hydrogen-bond donors (Lipinski definition) is 1. The van der Waals surface area contributed by atoms with Gasteiger partial charge in [0.1, 0.15) is 11.5 Å². The van der Waals surface area contributed by atoms with Crippen LogP contribution in [0.4, 0.5) is 5.69 Å². The Bertz CT molecular complexity index is 568. The van der Waals surface area contributed by atoms with Crippen molar-refractivity contribution in [3.63, 3.8) is 0 Å². The van der Waals surface area contributed by atoms with Crippen molar-refractivity contribution < 1.29 is 14.1 Å². The van der Waals surface area contributed by atoms with Crippen LogP contribution in [-0.4, -0.2) is 17.7 Å². The molecule has 0 atom stereocenters. The van der Waals surface area contributed by atoms with E-state index >= 15 is 0 Å². The Balaban J connectivity index is 1.97. The summed E-state index contributed by atoms with van der Waals surface area (Å²) in [5.74, 6) is 1.38. The molecule has 0 aliphatic rings. The first-order valence-corrected chi connectivity index (χ1v) is 6.54. The van der Waals surface area contributed by atoms with Crippen molar-refractivity contribution >= 4 is 11.6 Å². The third kappa shape index (κ3) is 3.38. The number of benzene rings is 1. The van der Waals surface area contributed by atoms with Gasteiger partial charge in [0.2, 0.25) is 5.91 Å². The van der Waals surface area contributed by atoms with Crippen LogP contribution in [0.25, 0.3) is 0 Å². The van der Waals surface area contributed by atoms with Crippen LogP contribution in [0.15, 0.2) is 28.8 Å². The van der Waals surface area contributed by atoms with Gasteiger partial charge in [-0.3, -0.25) is 4.79 Å². The fraction of sp³-hybridized carbons (Fsp3) is 0.333. The minimum absolute atomic E-state index is 0.0939. The van der Waals surface area contributed by atoms with Gasteiger partial charge in [-0.25, -0.2) is 0 Å². The first-order valence-electron chi connectivity index (χ1n) is 6.54. The lowest BCUT2D eigenvalue weighted by atomic mass is 10.1. The first-order chi connectivity index (χ1) is 9.60. The third-order valence-electron chi connectivity index (χ3n) is 2.97. The Hall–Kier alpha value is -2.30. The molecule has 0 fully saturated rings. The van der Waals surface area contributed by atoms with Crippen molar-refractivity contribution in [2.75, 3.05) is 11.9 Å². The Labute approximate surface area is 117 Å². The van der Waals surface area contributed by atoms with E-state index in [9.17, 15) is 4.79 Å². The Morgan fingerprint density at radius 1 is 1.30 bits per heavy atom. The lowest BCUT2D eigenvalue weighted by Gasteiger charge is -2.07. The Morgan fingerprint density at radius 2 is 2.00 bits per heavy atom. The number of ether oxygens (including phenoxy) is 1. The molecular weight excluding hydrogens is 256 g/mol. The summed E-state index contributed by atoms with van der Waals surface area (Å²) in [5, 5.41) is 6.68. The van der Waals surface area contributed by atoms with Crippen molar-refractivity contribution in [3.8, 4) is 5.75 Å². The van der Waals surface area contributed by atoms with Crippen LogP contribution in [0.1, 0.15) is 23.9 Å². The van der Waals surface area contributed by atoms with Crippen molar-refractivity contribution in [1.82, 2.24) is 5.16 Å². The third-order valence-corrected chi connectivity index (χ3v) is 2.97. The van der Waals surface area contributed by atoms with Gasteiger partial charge in [-0.15, -0.1) is 0 Å². The van der Waals surface area contributed by atoms with Crippen molar-refractivity contribution in [2.45, 2.75) is 27.2 Å². The number of carbonyl (C=O) groups excluding carboxylic acids is 1. The molecule has 1 aromatic heterocycles. The van der Waals surface area contributed by atoms with Crippen LogP contribution in [0, 0.1) is 13.8 Å². The van der Waals surface area contributed by atoms with E-state index in [0.717, 1.165) is 22.7 Å². The molecule has 0 saturated carbocycles. The van der Waals surface area contributed by atoms with Crippen molar-refractivity contribution in [3.05, 3.63) is 41.3 Å². The largest absolute Gasteiger partial charge is 0.494 e. The van der Waals surface area contributed by atoms with Crippen LogP contribution in [0.3, 0.4) is 0 Å². The van der Waals surface area contributed by atoms with Gasteiger partial charge in [0.05, 0.1) is 18.7 Å². The maximum atomic E-state index is 12.0. The van der Waals surface area contributed by atoms with Gasteiger partial charge in [0.25, 0.3) is 0 Å². The molecule has 1 amide bonds. The topological polar surface area (TPSA) is 64.4 Å². The second-order valence-electron chi connectivity index (χ2n) is 4.49. The molecule has 5 heteroatoms. The fourth-order valence-corrected chi connectivity index (χ4v) is 1.92. The molecule has 106 valence electrons. The molecular formula is C15H18N2O3. The highest BCUT2D eigenvalue weighted by Gasteiger charge is 2.13. The molecule has 0 radical (unpaired) electrons. The van der Waals surface area contributed by atoms with E-state index in [0.29, 0.717) is 12.4 Å². The van der Waals surface area contributed by atoms with Gasteiger partial charge in [0.15, 0.2) is 0 Å². The molecule has 1 heterocycles. The zero-order valence-electron chi connectivity index (χ0n) is 11.9. The van der Waals surface area contributed by atoms with Crippen LogP contribution < -0.4 is 10.1 Å². The van der Waals surface area contributed by atoms with Gasteiger partial charge in [-0.05, 0) is 45.0 Å². The molecule has 1 N–H and O–H groups in total. The highest BCUT2D eigenvalue weighted by Crippen LogP contribution is 2.17. The van der Waals surface area contributed by atoms with E-state index in [1.165, 1.54) is 0 Å². The zero-order valence-corrected chi connectivity index (χ0v) is 11.9. The molecule has 5 nitrogen and oxygen atoms in total. The number of nitrogens with zero attached hydrogens (tertiary/aromatic N) is 1. The van der Waals surface area contributed by atoms with E-state index in [2.05, 4.69) is 10.5 Å².